The number of carbonyl (C=O) groups excluding carboxylic acids is 1. The summed E-state index contributed by atoms with van der Waals surface area (Å²) in [6.45, 7) is 0.696. The second-order valence-electron chi connectivity index (χ2n) is 5.16. The minimum atomic E-state index is 0.0957. The van der Waals surface area contributed by atoms with E-state index in [2.05, 4.69) is 39.4 Å². The Morgan fingerprint density at radius 3 is 2.50 bits per heavy atom. The van der Waals surface area contributed by atoms with Crippen molar-refractivity contribution in [1.82, 2.24) is 5.32 Å². The van der Waals surface area contributed by atoms with Gasteiger partial charge < -0.3 is 5.32 Å². The Balaban J connectivity index is 1.53. The molecule has 0 unspecified atom stereocenters. The maximum Gasteiger partial charge on any atom is 0.230 e. The fourth-order valence-corrected chi connectivity index (χ4v) is 4.29. The zero-order valence-electron chi connectivity index (χ0n) is 13.1. The summed E-state index contributed by atoms with van der Waals surface area (Å²) in [5.41, 5.74) is 2.43. The van der Waals surface area contributed by atoms with Crippen molar-refractivity contribution in [2.24, 2.45) is 0 Å². The SMILES string of the molecule is O=C(CSCc1cccc(Br)c1)NCCSCc1cccc(Cl)c1. The summed E-state index contributed by atoms with van der Waals surface area (Å²) < 4.78 is 1.07. The van der Waals surface area contributed by atoms with Crippen molar-refractivity contribution in [3.05, 3.63) is 69.2 Å². The van der Waals surface area contributed by atoms with E-state index in [9.17, 15) is 4.79 Å². The summed E-state index contributed by atoms with van der Waals surface area (Å²) in [5.74, 6) is 3.24. The zero-order valence-corrected chi connectivity index (χ0v) is 17.1. The number of hydrogen-bond acceptors (Lipinski definition) is 3. The summed E-state index contributed by atoms with van der Waals surface area (Å²) in [7, 11) is 0. The molecule has 0 heterocycles. The molecule has 0 aliphatic heterocycles. The molecule has 0 aliphatic rings. The largest absolute Gasteiger partial charge is 0.355 e. The molecule has 0 radical (unpaired) electrons. The van der Waals surface area contributed by atoms with Gasteiger partial charge in [-0.3, -0.25) is 4.79 Å². The lowest BCUT2D eigenvalue weighted by Gasteiger charge is -2.06. The third kappa shape index (κ3) is 7.97. The number of halogens is 2. The Labute approximate surface area is 165 Å². The maximum atomic E-state index is 11.8. The summed E-state index contributed by atoms with van der Waals surface area (Å²) >= 11 is 12.8. The predicted molar refractivity (Wildman–Crippen MR) is 111 cm³/mol. The molecule has 128 valence electrons. The number of nitrogens with one attached hydrogen (secondary N) is 1. The Hall–Kier alpha value is -0.620. The molecule has 0 spiro atoms. The summed E-state index contributed by atoms with van der Waals surface area (Å²) in [5, 5.41) is 3.73. The predicted octanol–water partition coefficient (Wildman–Crippen LogP) is 5.39. The summed E-state index contributed by atoms with van der Waals surface area (Å²) in [6, 6.07) is 16.0. The normalized spacial score (nSPS) is 10.6. The van der Waals surface area contributed by atoms with Crippen molar-refractivity contribution >= 4 is 57.0 Å². The molecule has 1 N–H and O–H groups in total. The van der Waals surface area contributed by atoms with Gasteiger partial charge in [0.15, 0.2) is 0 Å². The van der Waals surface area contributed by atoms with Crippen LogP contribution in [-0.4, -0.2) is 24.0 Å². The standard InChI is InChI=1S/C18H19BrClNOS2/c19-16-5-1-3-14(9-16)12-24-13-18(22)21-7-8-23-11-15-4-2-6-17(20)10-15/h1-6,9-10H,7-8,11-13H2,(H,21,22). The molecule has 24 heavy (non-hydrogen) atoms. The molecule has 2 aromatic rings. The molecule has 2 rings (SSSR count). The van der Waals surface area contributed by atoms with Crippen LogP contribution in [0.5, 0.6) is 0 Å². The van der Waals surface area contributed by atoms with E-state index in [1.807, 2.05) is 30.3 Å². The number of benzene rings is 2. The van der Waals surface area contributed by atoms with Gasteiger partial charge in [-0.2, -0.15) is 11.8 Å². The Morgan fingerprint density at radius 2 is 1.75 bits per heavy atom. The van der Waals surface area contributed by atoms with Crippen LogP contribution in [0.2, 0.25) is 5.02 Å². The highest BCUT2D eigenvalue weighted by Crippen LogP contribution is 2.17. The molecule has 0 bridgehead atoms. The van der Waals surface area contributed by atoms with Gasteiger partial charge in [0.05, 0.1) is 5.75 Å². The minimum Gasteiger partial charge on any atom is -0.355 e. The number of thioether (sulfide) groups is 2. The average molecular weight is 445 g/mol. The maximum absolute atomic E-state index is 11.8. The molecule has 0 atom stereocenters. The number of hydrogen-bond donors (Lipinski definition) is 1. The van der Waals surface area contributed by atoms with Gasteiger partial charge >= 0.3 is 0 Å². The minimum absolute atomic E-state index is 0.0957. The van der Waals surface area contributed by atoms with E-state index < -0.39 is 0 Å². The van der Waals surface area contributed by atoms with Crippen molar-refractivity contribution in [1.29, 1.82) is 0 Å². The van der Waals surface area contributed by atoms with Gasteiger partial charge in [0, 0.05) is 33.3 Å². The van der Waals surface area contributed by atoms with Gasteiger partial charge in [0.1, 0.15) is 0 Å². The first-order valence-electron chi connectivity index (χ1n) is 7.54. The van der Waals surface area contributed by atoms with E-state index in [-0.39, 0.29) is 5.91 Å². The van der Waals surface area contributed by atoms with Gasteiger partial charge in [0.2, 0.25) is 5.91 Å². The van der Waals surface area contributed by atoms with E-state index in [0.29, 0.717) is 12.3 Å². The second kappa shape index (κ2) is 11.1. The Morgan fingerprint density at radius 1 is 1.04 bits per heavy atom. The Kier molecular flexibility index (Phi) is 9.10. The highest BCUT2D eigenvalue weighted by Gasteiger charge is 2.02. The lowest BCUT2D eigenvalue weighted by molar-refractivity contribution is -0.118. The van der Waals surface area contributed by atoms with Gasteiger partial charge in [0.25, 0.3) is 0 Å². The number of amides is 1. The lowest BCUT2D eigenvalue weighted by Crippen LogP contribution is -2.27. The van der Waals surface area contributed by atoms with Crippen molar-refractivity contribution in [2.75, 3.05) is 18.1 Å². The van der Waals surface area contributed by atoms with Crippen molar-refractivity contribution < 1.29 is 4.79 Å². The van der Waals surface area contributed by atoms with Gasteiger partial charge in [-0.15, -0.1) is 11.8 Å². The summed E-state index contributed by atoms with van der Waals surface area (Å²) in [4.78, 5) is 11.8. The highest BCUT2D eigenvalue weighted by atomic mass is 79.9. The van der Waals surface area contributed by atoms with E-state index in [4.69, 9.17) is 11.6 Å². The highest BCUT2D eigenvalue weighted by molar-refractivity contribution is 9.10. The molecule has 1 amide bonds. The quantitative estimate of drug-likeness (QED) is 0.526. The summed E-state index contributed by atoms with van der Waals surface area (Å²) in [6.07, 6.45) is 0. The molecule has 0 saturated heterocycles. The van der Waals surface area contributed by atoms with Gasteiger partial charge in [-0.25, -0.2) is 0 Å². The van der Waals surface area contributed by atoms with Crippen LogP contribution in [0.25, 0.3) is 0 Å². The first-order chi connectivity index (χ1) is 11.6. The number of carbonyl (C=O) groups is 1. The first-order valence-corrected chi connectivity index (χ1v) is 11.0. The molecule has 0 aromatic heterocycles. The second-order valence-corrected chi connectivity index (χ2v) is 8.60. The average Bonchev–Trinajstić information content (AvgIpc) is 2.55. The van der Waals surface area contributed by atoms with Gasteiger partial charge in [-0.05, 0) is 35.4 Å². The molecular formula is C18H19BrClNOS2. The fourth-order valence-electron chi connectivity index (χ4n) is 2.02. The van der Waals surface area contributed by atoms with Crippen LogP contribution in [0.1, 0.15) is 11.1 Å². The zero-order chi connectivity index (χ0) is 17.2. The van der Waals surface area contributed by atoms with E-state index in [0.717, 1.165) is 26.8 Å². The third-order valence-corrected chi connectivity index (χ3v) is 5.88. The Bertz CT molecular complexity index is 669. The fraction of sp³-hybridized carbons (Fsp3) is 0.278. The number of rotatable bonds is 9. The molecule has 0 aliphatic carbocycles. The van der Waals surface area contributed by atoms with Gasteiger partial charge in [-0.1, -0.05) is 51.8 Å². The molecule has 6 heteroatoms. The molecule has 0 saturated carbocycles. The van der Waals surface area contributed by atoms with Crippen LogP contribution < -0.4 is 5.32 Å². The molecule has 2 aromatic carbocycles. The van der Waals surface area contributed by atoms with Crippen molar-refractivity contribution in [3.63, 3.8) is 0 Å². The molecule has 0 fully saturated rings. The van der Waals surface area contributed by atoms with Crippen LogP contribution in [0.4, 0.5) is 0 Å². The van der Waals surface area contributed by atoms with Crippen molar-refractivity contribution in [3.8, 4) is 0 Å². The monoisotopic (exact) mass is 443 g/mol. The third-order valence-electron chi connectivity index (χ3n) is 3.12. The van der Waals surface area contributed by atoms with Crippen LogP contribution in [0.3, 0.4) is 0 Å². The first kappa shape index (κ1) is 19.7. The molecule has 2 nitrogen and oxygen atoms in total. The van der Waals surface area contributed by atoms with E-state index in [1.54, 1.807) is 23.5 Å². The van der Waals surface area contributed by atoms with Crippen LogP contribution in [0, 0.1) is 0 Å². The smallest absolute Gasteiger partial charge is 0.230 e. The topological polar surface area (TPSA) is 29.1 Å². The van der Waals surface area contributed by atoms with E-state index in [1.165, 1.54) is 11.1 Å². The van der Waals surface area contributed by atoms with Crippen LogP contribution in [-0.2, 0) is 16.3 Å². The molecular weight excluding hydrogens is 426 g/mol. The van der Waals surface area contributed by atoms with E-state index >= 15 is 0 Å². The lowest BCUT2D eigenvalue weighted by atomic mass is 10.2. The van der Waals surface area contributed by atoms with Crippen LogP contribution >= 0.6 is 51.1 Å². The van der Waals surface area contributed by atoms with Crippen molar-refractivity contribution in [2.45, 2.75) is 11.5 Å². The van der Waals surface area contributed by atoms with Crippen LogP contribution in [0.15, 0.2) is 53.0 Å².